The number of methoxy groups -OCH3 is 1. The third-order valence-corrected chi connectivity index (χ3v) is 2.65. The summed E-state index contributed by atoms with van der Waals surface area (Å²) in [7, 11) is 1.60. The van der Waals surface area contributed by atoms with Crippen LogP contribution in [0.4, 0.5) is 0 Å². The lowest BCUT2D eigenvalue weighted by Gasteiger charge is -2.08. The highest BCUT2D eigenvalue weighted by Gasteiger charge is 2.02. The van der Waals surface area contributed by atoms with Crippen molar-refractivity contribution in [2.45, 2.75) is 19.8 Å². The van der Waals surface area contributed by atoms with Crippen LogP contribution in [-0.4, -0.2) is 45.3 Å². The molecule has 16 heavy (non-hydrogen) atoms. The number of ether oxygens (including phenoxy) is 2. The zero-order valence-corrected chi connectivity index (χ0v) is 10.9. The molecular formula is C11H22ClNO3. The number of hydrogen-bond donors (Lipinski definition) is 1. The van der Waals surface area contributed by atoms with Crippen molar-refractivity contribution in [3.8, 4) is 0 Å². The average molecular weight is 252 g/mol. The number of rotatable bonds is 10. The normalized spacial score (nSPS) is 12.4. The van der Waals surface area contributed by atoms with E-state index in [9.17, 15) is 4.79 Å². The summed E-state index contributed by atoms with van der Waals surface area (Å²) in [5.41, 5.74) is 0. The lowest BCUT2D eigenvalue weighted by Crippen LogP contribution is -2.29. The van der Waals surface area contributed by atoms with Crippen molar-refractivity contribution in [2.75, 3.05) is 39.4 Å². The van der Waals surface area contributed by atoms with Crippen molar-refractivity contribution >= 4 is 17.5 Å². The molecule has 1 atom stereocenters. The van der Waals surface area contributed by atoms with Gasteiger partial charge in [0.2, 0.25) is 5.91 Å². The topological polar surface area (TPSA) is 47.6 Å². The minimum atomic E-state index is -0.0744. The van der Waals surface area contributed by atoms with E-state index < -0.39 is 0 Å². The monoisotopic (exact) mass is 251 g/mol. The lowest BCUT2D eigenvalue weighted by atomic mass is 10.1. The number of amides is 1. The smallest absolute Gasteiger partial charge is 0.245 e. The summed E-state index contributed by atoms with van der Waals surface area (Å²) >= 11 is 5.67. The molecule has 0 aromatic heterocycles. The summed E-state index contributed by atoms with van der Waals surface area (Å²) in [5.74, 6) is 1.11. The van der Waals surface area contributed by atoms with Crippen LogP contribution < -0.4 is 5.32 Å². The SMILES string of the molecule is COCCOCC(=O)NCCCC(C)CCl. The van der Waals surface area contributed by atoms with Crippen LogP contribution in [0.3, 0.4) is 0 Å². The third-order valence-electron chi connectivity index (χ3n) is 2.12. The van der Waals surface area contributed by atoms with E-state index in [0.29, 0.717) is 31.6 Å². The molecule has 5 heteroatoms. The van der Waals surface area contributed by atoms with E-state index in [1.165, 1.54) is 0 Å². The van der Waals surface area contributed by atoms with E-state index in [0.717, 1.165) is 12.8 Å². The predicted octanol–water partition coefficient (Wildman–Crippen LogP) is 1.42. The fraction of sp³-hybridized carbons (Fsp3) is 0.909. The van der Waals surface area contributed by atoms with Gasteiger partial charge in [-0.05, 0) is 18.8 Å². The van der Waals surface area contributed by atoms with E-state index in [-0.39, 0.29) is 12.5 Å². The number of nitrogens with one attached hydrogen (secondary N) is 1. The first-order valence-electron chi connectivity index (χ1n) is 5.60. The van der Waals surface area contributed by atoms with Crippen molar-refractivity contribution in [3.63, 3.8) is 0 Å². The molecule has 0 aliphatic heterocycles. The Morgan fingerprint density at radius 2 is 2.19 bits per heavy atom. The minimum Gasteiger partial charge on any atom is -0.382 e. The molecule has 4 nitrogen and oxygen atoms in total. The third kappa shape index (κ3) is 10.2. The highest BCUT2D eigenvalue weighted by Crippen LogP contribution is 2.05. The molecule has 1 N–H and O–H groups in total. The number of alkyl halides is 1. The maximum absolute atomic E-state index is 11.2. The van der Waals surface area contributed by atoms with Crippen molar-refractivity contribution in [1.82, 2.24) is 5.32 Å². The van der Waals surface area contributed by atoms with Gasteiger partial charge in [-0.1, -0.05) is 6.92 Å². The molecule has 0 saturated carbocycles. The summed E-state index contributed by atoms with van der Waals surface area (Å²) in [6, 6.07) is 0. The standard InChI is InChI=1S/C11H22ClNO3/c1-10(8-12)4-3-5-13-11(14)9-16-7-6-15-2/h10H,3-9H2,1-2H3,(H,13,14). The number of carbonyl (C=O) groups excluding carboxylic acids is 1. The number of hydrogen-bond acceptors (Lipinski definition) is 3. The molecule has 0 radical (unpaired) electrons. The van der Waals surface area contributed by atoms with Gasteiger partial charge >= 0.3 is 0 Å². The van der Waals surface area contributed by atoms with Crippen molar-refractivity contribution in [1.29, 1.82) is 0 Å². The molecule has 0 saturated heterocycles. The van der Waals surface area contributed by atoms with Gasteiger partial charge in [0, 0.05) is 19.5 Å². The van der Waals surface area contributed by atoms with Crippen molar-refractivity contribution in [2.24, 2.45) is 5.92 Å². The molecule has 0 aromatic rings. The Morgan fingerprint density at radius 3 is 2.81 bits per heavy atom. The van der Waals surface area contributed by atoms with Crippen LogP contribution in [0.5, 0.6) is 0 Å². The molecule has 0 heterocycles. The fourth-order valence-electron chi connectivity index (χ4n) is 1.11. The molecule has 0 aromatic carbocycles. The van der Waals surface area contributed by atoms with Gasteiger partial charge in [0.15, 0.2) is 0 Å². The molecule has 0 bridgehead atoms. The fourth-order valence-corrected chi connectivity index (χ4v) is 1.27. The van der Waals surface area contributed by atoms with Crippen molar-refractivity contribution < 1.29 is 14.3 Å². The Hall–Kier alpha value is -0.320. The second-order valence-corrected chi connectivity index (χ2v) is 4.11. The predicted molar refractivity (Wildman–Crippen MR) is 64.8 cm³/mol. The average Bonchev–Trinajstić information content (AvgIpc) is 2.30. The van der Waals surface area contributed by atoms with Crippen LogP contribution in [0.25, 0.3) is 0 Å². The molecule has 0 aliphatic rings. The summed E-state index contributed by atoms with van der Waals surface area (Å²) in [5, 5.41) is 2.79. The summed E-state index contributed by atoms with van der Waals surface area (Å²) < 4.78 is 9.87. The molecule has 0 fully saturated rings. The molecule has 96 valence electrons. The summed E-state index contributed by atoms with van der Waals surface area (Å²) in [6.45, 7) is 3.86. The molecule has 0 spiro atoms. The van der Waals surface area contributed by atoms with E-state index in [2.05, 4.69) is 12.2 Å². The molecule has 0 rings (SSSR count). The molecular weight excluding hydrogens is 230 g/mol. The Bertz CT molecular complexity index is 179. The zero-order valence-electron chi connectivity index (χ0n) is 10.1. The molecule has 0 aliphatic carbocycles. The largest absolute Gasteiger partial charge is 0.382 e. The van der Waals surface area contributed by atoms with Crippen LogP contribution >= 0.6 is 11.6 Å². The summed E-state index contributed by atoms with van der Waals surface area (Å²) in [6.07, 6.45) is 1.99. The molecule has 1 unspecified atom stereocenters. The molecule has 1 amide bonds. The van der Waals surface area contributed by atoms with Gasteiger partial charge in [-0.25, -0.2) is 0 Å². The second kappa shape index (κ2) is 11.2. The first kappa shape index (κ1) is 15.7. The van der Waals surface area contributed by atoms with E-state index in [1.54, 1.807) is 7.11 Å². The van der Waals surface area contributed by atoms with E-state index in [4.69, 9.17) is 21.1 Å². The maximum Gasteiger partial charge on any atom is 0.245 e. The summed E-state index contributed by atoms with van der Waals surface area (Å²) in [4.78, 5) is 11.2. The maximum atomic E-state index is 11.2. The van der Waals surface area contributed by atoms with Crippen molar-refractivity contribution in [3.05, 3.63) is 0 Å². The van der Waals surface area contributed by atoms with E-state index in [1.807, 2.05) is 0 Å². The highest BCUT2D eigenvalue weighted by molar-refractivity contribution is 6.18. The first-order chi connectivity index (χ1) is 7.70. The zero-order chi connectivity index (χ0) is 12.2. The van der Waals surface area contributed by atoms with Crippen LogP contribution in [0.2, 0.25) is 0 Å². The van der Waals surface area contributed by atoms with Gasteiger partial charge in [-0.2, -0.15) is 0 Å². The number of halogens is 1. The Labute approximate surface area is 103 Å². The van der Waals surface area contributed by atoms with Gasteiger partial charge in [0.25, 0.3) is 0 Å². The Kier molecular flexibility index (Phi) is 11.0. The van der Waals surface area contributed by atoms with Crippen LogP contribution in [0.15, 0.2) is 0 Å². The van der Waals surface area contributed by atoms with Crippen LogP contribution in [0.1, 0.15) is 19.8 Å². The number of carbonyl (C=O) groups is 1. The van der Waals surface area contributed by atoms with E-state index >= 15 is 0 Å². The van der Waals surface area contributed by atoms with Gasteiger partial charge in [0.1, 0.15) is 6.61 Å². The van der Waals surface area contributed by atoms with Crippen LogP contribution in [-0.2, 0) is 14.3 Å². The quantitative estimate of drug-likeness (QED) is 0.472. The second-order valence-electron chi connectivity index (χ2n) is 3.80. The Morgan fingerprint density at radius 1 is 1.44 bits per heavy atom. The van der Waals surface area contributed by atoms with Gasteiger partial charge in [0.05, 0.1) is 13.2 Å². The highest BCUT2D eigenvalue weighted by atomic mass is 35.5. The van der Waals surface area contributed by atoms with Gasteiger partial charge in [-0.15, -0.1) is 11.6 Å². The Balaban J connectivity index is 3.24. The lowest BCUT2D eigenvalue weighted by molar-refractivity contribution is -0.126. The van der Waals surface area contributed by atoms with Crippen LogP contribution in [0, 0.1) is 5.92 Å². The first-order valence-corrected chi connectivity index (χ1v) is 6.13. The van der Waals surface area contributed by atoms with Gasteiger partial charge in [-0.3, -0.25) is 4.79 Å². The van der Waals surface area contributed by atoms with Gasteiger partial charge < -0.3 is 14.8 Å². The minimum absolute atomic E-state index is 0.0744.